The van der Waals surface area contributed by atoms with Gasteiger partial charge in [-0.05, 0) is 31.2 Å². The van der Waals surface area contributed by atoms with Crippen LogP contribution in [0.3, 0.4) is 0 Å². The van der Waals surface area contributed by atoms with Crippen LogP contribution in [-0.2, 0) is 9.59 Å². The van der Waals surface area contributed by atoms with E-state index >= 15 is 0 Å². The molecule has 25 heavy (non-hydrogen) atoms. The molecule has 0 bridgehead atoms. The van der Waals surface area contributed by atoms with Gasteiger partial charge in [0.2, 0.25) is 11.8 Å². The smallest absolute Gasteiger partial charge is 0.242 e. The van der Waals surface area contributed by atoms with E-state index in [0.29, 0.717) is 37.5 Å². The molecule has 0 aromatic heterocycles. The Bertz CT molecular complexity index is 552. The molecule has 0 radical (unpaired) electrons. The van der Waals surface area contributed by atoms with Crippen molar-refractivity contribution >= 4 is 53.9 Å². The van der Waals surface area contributed by atoms with Gasteiger partial charge in [-0.15, -0.1) is 24.8 Å². The molecule has 0 spiro atoms. The van der Waals surface area contributed by atoms with Crippen molar-refractivity contribution in [2.24, 2.45) is 5.73 Å². The number of halogens is 3. The summed E-state index contributed by atoms with van der Waals surface area (Å²) in [6.07, 6.45) is 1.00. The van der Waals surface area contributed by atoms with Crippen molar-refractivity contribution in [1.82, 2.24) is 10.2 Å². The lowest BCUT2D eigenvalue weighted by Crippen LogP contribution is -2.51. The number of benzene rings is 1. The number of rotatable bonds is 6. The number of hydrogen-bond acceptors (Lipinski definition) is 4. The SMILES string of the molecule is Cl.Cl.NCCCC(=O)NCC(=O)N1CCN(c2cccc(Cl)c2)CC1. The van der Waals surface area contributed by atoms with E-state index in [2.05, 4.69) is 10.2 Å². The van der Waals surface area contributed by atoms with Crippen LogP contribution in [0.5, 0.6) is 0 Å². The predicted octanol–water partition coefficient (Wildman–Crippen LogP) is 1.69. The number of carbonyl (C=O) groups excluding carboxylic acids is 2. The number of piperazine rings is 1. The first-order valence-electron chi connectivity index (χ1n) is 7.85. The molecule has 2 rings (SSSR count). The largest absolute Gasteiger partial charge is 0.368 e. The van der Waals surface area contributed by atoms with Gasteiger partial charge in [0.1, 0.15) is 0 Å². The number of nitrogens with two attached hydrogens (primary N) is 1. The Balaban J connectivity index is 0.00000288. The molecule has 1 heterocycles. The fourth-order valence-electron chi connectivity index (χ4n) is 2.52. The van der Waals surface area contributed by atoms with E-state index in [-0.39, 0.29) is 43.2 Å². The molecule has 1 saturated heterocycles. The average molecular weight is 412 g/mol. The fourth-order valence-corrected chi connectivity index (χ4v) is 2.71. The van der Waals surface area contributed by atoms with Crippen LogP contribution < -0.4 is 16.0 Å². The third kappa shape index (κ3) is 7.69. The van der Waals surface area contributed by atoms with Gasteiger partial charge < -0.3 is 20.9 Å². The second-order valence-electron chi connectivity index (χ2n) is 5.52. The number of carbonyl (C=O) groups is 2. The molecular weight excluding hydrogens is 387 g/mol. The fraction of sp³-hybridized carbons (Fsp3) is 0.500. The maximum atomic E-state index is 12.1. The monoisotopic (exact) mass is 410 g/mol. The standard InChI is InChI=1S/C16H23ClN4O2.2ClH/c17-13-3-1-4-14(11-13)20-7-9-21(10-8-20)16(23)12-19-15(22)5-2-6-18;;/h1,3-4,11H,2,5-10,12,18H2,(H,19,22);2*1H. The molecule has 1 aromatic rings. The molecule has 1 aromatic carbocycles. The van der Waals surface area contributed by atoms with Crippen LogP contribution in [0.4, 0.5) is 5.69 Å². The molecule has 1 aliphatic heterocycles. The topological polar surface area (TPSA) is 78.7 Å². The van der Waals surface area contributed by atoms with E-state index in [9.17, 15) is 9.59 Å². The second kappa shape index (κ2) is 12.2. The Morgan fingerprint density at radius 1 is 1.16 bits per heavy atom. The zero-order valence-corrected chi connectivity index (χ0v) is 16.3. The van der Waals surface area contributed by atoms with Gasteiger partial charge >= 0.3 is 0 Å². The third-order valence-corrected chi connectivity index (χ3v) is 4.09. The minimum absolute atomic E-state index is 0. The minimum atomic E-state index is -0.124. The quantitative estimate of drug-likeness (QED) is 0.746. The Labute approximate surface area is 165 Å². The van der Waals surface area contributed by atoms with Crippen molar-refractivity contribution in [2.75, 3.05) is 44.2 Å². The summed E-state index contributed by atoms with van der Waals surface area (Å²) in [6, 6.07) is 7.71. The van der Waals surface area contributed by atoms with Gasteiger partial charge in [-0.1, -0.05) is 17.7 Å². The van der Waals surface area contributed by atoms with Crippen molar-refractivity contribution in [3.8, 4) is 0 Å². The van der Waals surface area contributed by atoms with Crippen molar-refractivity contribution in [1.29, 1.82) is 0 Å². The van der Waals surface area contributed by atoms with E-state index in [1.54, 1.807) is 4.90 Å². The van der Waals surface area contributed by atoms with E-state index in [1.807, 2.05) is 24.3 Å². The predicted molar refractivity (Wildman–Crippen MR) is 106 cm³/mol. The highest BCUT2D eigenvalue weighted by Gasteiger charge is 2.21. The van der Waals surface area contributed by atoms with Crippen molar-refractivity contribution < 1.29 is 9.59 Å². The number of nitrogens with one attached hydrogen (secondary N) is 1. The Hall–Kier alpha value is -1.21. The van der Waals surface area contributed by atoms with Crippen LogP contribution in [0, 0.1) is 0 Å². The minimum Gasteiger partial charge on any atom is -0.368 e. The first-order valence-corrected chi connectivity index (χ1v) is 8.23. The molecule has 142 valence electrons. The first-order chi connectivity index (χ1) is 11.1. The van der Waals surface area contributed by atoms with Gasteiger partial charge in [-0.3, -0.25) is 9.59 Å². The summed E-state index contributed by atoms with van der Waals surface area (Å²) in [4.78, 5) is 27.6. The van der Waals surface area contributed by atoms with Crippen LogP contribution in [-0.4, -0.2) is 56.0 Å². The molecule has 6 nitrogen and oxygen atoms in total. The van der Waals surface area contributed by atoms with Crippen molar-refractivity contribution in [2.45, 2.75) is 12.8 Å². The summed E-state index contributed by atoms with van der Waals surface area (Å²) in [6.45, 7) is 3.34. The van der Waals surface area contributed by atoms with E-state index in [4.69, 9.17) is 17.3 Å². The third-order valence-electron chi connectivity index (χ3n) is 3.85. The molecule has 9 heteroatoms. The summed E-state index contributed by atoms with van der Waals surface area (Å²) < 4.78 is 0. The van der Waals surface area contributed by atoms with Crippen LogP contribution in [0.15, 0.2) is 24.3 Å². The Morgan fingerprint density at radius 3 is 2.44 bits per heavy atom. The zero-order chi connectivity index (χ0) is 16.7. The normalized spacial score (nSPS) is 13.5. The molecule has 0 saturated carbocycles. The van der Waals surface area contributed by atoms with Crippen LogP contribution in [0.25, 0.3) is 0 Å². The highest BCUT2D eigenvalue weighted by atomic mass is 35.5. The molecule has 0 atom stereocenters. The zero-order valence-electron chi connectivity index (χ0n) is 13.9. The van der Waals surface area contributed by atoms with Gasteiger partial charge in [0.15, 0.2) is 0 Å². The van der Waals surface area contributed by atoms with Crippen LogP contribution in [0.1, 0.15) is 12.8 Å². The van der Waals surface area contributed by atoms with Crippen LogP contribution in [0.2, 0.25) is 5.02 Å². The summed E-state index contributed by atoms with van der Waals surface area (Å²) in [5.74, 6) is -0.168. The number of amides is 2. The lowest BCUT2D eigenvalue weighted by Gasteiger charge is -2.36. The molecule has 1 aliphatic rings. The van der Waals surface area contributed by atoms with E-state index in [1.165, 1.54) is 0 Å². The van der Waals surface area contributed by atoms with Gasteiger partial charge in [-0.2, -0.15) is 0 Å². The molecule has 0 aliphatic carbocycles. The summed E-state index contributed by atoms with van der Waals surface area (Å²) in [7, 11) is 0. The number of anilines is 1. The number of hydrogen-bond donors (Lipinski definition) is 2. The Morgan fingerprint density at radius 2 is 1.84 bits per heavy atom. The van der Waals surface area contributed by atoms with Gasteiger partial charge in [0, 0.05) is 43.3 Å². The molecular formula is C16H25Cl3N4O2. The second-order valence-corrected chi connectivity index (χ2v) is 5.95. The lowest BCUT2D eigenvalue weighted by molar-refractivity contribution is -0.133. The van der Waals surface area contributed by atoms with E-state index in [0.717, 1.165) is 18.8 Å². The molecule has 1 fully saturated rings. The molecule has 2 amide bonds. The summed E-state index contributed by atoms with van der Waals surface area (Å²) >= 11 is 6.01. The highest BCUT2D eigenvalue weighted by Crippen LogP contribution is 2.20. The summed E-state index contributed by atoms with van der Waals surface area (Å²) in [5.41, 5.74) is 6.42. The van der Waals surface area contributed by atoms with Crippen molar-refractivity contribution in [3.05, 3.63) is 29.3 Å². The maximum absolute atomic E-state index is 12.1. The maximum Gasteiger partial charge on any atom is 0.242 e. The number of nitrogens with zero attached hydrogens (tertiary/aromatic N) is 2. The lowest BCUT2D eigenvalue weighted by atomic mass is 10.2. The van der Waals surface area contributed by atoms with Gasteiger partial charge in [0.25, 0.3) is 0 Å². The van der Waals surface area contributed by atoms with Crippen molar-refractivity contribution in [3.63, 3.8) is 0 Å². The Kier molecular flexibility index (Phi) is 11.6. The highest BCUT2D eigenvalue weighted by molar-refractivity contribution is 6.30. The first kappa shape index (κ1) is 23.8. The van der Waals surface area contributed by atoms with Gasteiger partial charge in [-0.25, -0.2) is 0 Å². The van der Waals surface area contributed by atoms with Gasteiger partial charge in [0.05, 0.1) is 6.54 Å². The van der Waals surface area contributed by atoms with Crippen LogP contribution >= 0.6 is 36.4 Å². The average Bonchev–Trinajstić information content (AvgIpc) is 2.58. The molecule has 3 N–H and O–H groups in total. The molecule has 0 unspecified atom stereocenters. The summed E-state index contributed by atoms with van der Waals surface area (Å²) in [5, 5.41) is 3.36. The van der Waals surface area contributed by atoms with E-state index < -0.39 is 0 Å².